The number of benzene rings is 1. The Kier molecular flexibility index (Phi) is 9.07. The first-order chi connectivity index (χ1) is 12.0. The summed E-state index contributed by atoms with van der Waals surface area (Å²) in [5, 5.41) is 6.71. The summed E-state index contributed by atoms with van der Waals surface area (Å²) in [5.74, 6) is 0.756. The number of aliphatic imine (C=N–C) groups is 1. The van der Waals surface area contributed by atoms with E-state index in [1.807, 2.05) is 22.9 Å². The largest absolute Gasteiger partial charge is 0.379 e. The van der Waals surface area contributed by atoms with Gasteiger partial charge in [0.05, 0.1) is 18.1 Å². The van der Waals surface area contributed by atoms with Crippen LogP contribution >= 0.6 is 24.0 Å². The van der Waals surface area contributed by atoms with Crippen LogP contribution in [-0.2, 0) is 11.3 Å². The van der Waals surface area contributed by atoms with Crippen LogP contribution in [0.25, 0.3) is 5.69 Å². The molecule has 2 N–H and O–H groups in total. The number of imidazole rings is 1. The molecule has 0 saturated heterocycles. The van der Waals surface area contributed by atoms with Crippen molar-refractivity contribution in [2.45, 2.75) is 33.4 Å². The molecule has 0 radical (unpaired) electrons. The van der Waals surface area contributed by atoms with E-state index in [0.29, 0.717) is 13.1 Å². The first-order valence-corrected chi connectivity index (χ1v) is 8.49. The Labute approximate surface area is 173 Å². The molecule has 144 valence electrons. The van der Waals surface area contributed by atoms with Gasteiger partial charge >= 0.3 is 0 Å². The monoisotopic (exact) mass is 471 g/mol. The van der Waals surface area contributed by atoms with Gasteiger partial charge in [0.1, 0.15) is 0 Å². The third-order valence-electron chi connectivity index (χ3n) is 4.15. The lowest BCUT2D eigenvalue weighted by molar-refractivity contribution is 0.0205. The molecule has 0 saturated carbocycles. The topological polar surface area (TPSA) is 63.5 Å². The van der Waals surface area contributed by atoms with E-state index in [-0.39, 0.29) is 35.5 Å². The number of nitrogens with zero attached hydrogens (tertiary/aromatic N) is 3. The molecule has 2 aromatic rings. The Bertz CT molecular complexity index is 679. The summed E-state index contributed by atoms with van der Waals surface area (Å²) in [7, 11) is 3.52. The summed E-state index contributed by atoms with van der Waals surface area (Å²) in [6, 6.07) is 8.24. The van der Waals surface area contributed by atoms with Crippen LogP contribution in [0, 0.1) is 5.41 Å². The summed E-state index contributed by atoms with van der Waals surface area (Å²) >= 11 is 0. The molecular weight excluding hydrogens is 441 g/mol. The highest BCUT2D eigenvalue weighted by atomic mass is 127. The Balaban J connectivity index is 0.00000338. The van der Waals surface area contributed by atoms with E-state index in [9.17, 15) is 0 Å². The molecule has 26 heavy (non-hydrogen) atoms. The van der Waals surface area contributed by atoms with E-state index in [1.54, 1.807) is 26.7 Å². The van der Waals surface area contributed by atoms with Crippen molar-refractivity contribution >= 4 is 29.9 Å². The third-order valence-corrected chi connectivity index (χ3v) is 4.15. The molecule has 0 amide bonds. The number of halogens is 1. The number of nitrogens with one attached hydrogen (secondary N) is 2. The summed E-state index contributed by atoms with van der Waals surface area (Å²) in [4.78, 5) is 8.43. The number of methoxy groups -OCH3 is 1. The second-order valence-electron chi connectivity index (χ2n) is 7.00. The quantitative estimate of drug-likeness (QED) is 0.386. The number of guanidine groups is 1. The van der Waals surface area contributed by atoms with Crippen LogP contribution in [0.15, 0.2) is 48.0 Å². The minimum absolute atomic E-state index is 0. The Morgan fingerprint density at radius 2 is 2.00 bits per heavy atom. The lowest BCUT2D eigenvalue weighted by Gasteiger charge is -2.30. The zero-order chi connectivity index (χ0) is 18.3. The molecule has 2 rings (SSSR count). The maximum absolute atomic E-state index is 5.58. The van der Waals surface area contributed by atoms with Crippen LogP contribution in [0.5, 0.6) is 0 Å². The van der Waals surface area contributed by atoms with Crippen LogP contribution in [0.1, 0.15) is 26.3 Å². The Hall–Kier alpha value is -1.61. The second-order valence-corrected chi connectivity index (χ2v) is 7.00. The number of aromatic nitrogens is 2. The first-order valence-electron chi connectivity index (χ1n) is 8.49. The predicted molar refractivity (Wildman–Crippen MR) is 117 cm³/mol. The molecule has 0 aliphatic rings. The Morgan fingerprint density at radius 1 is 1.27 bits per heavy atom. The molecule has 6 nitrogen and oxygen atoms in total. The van der Waals surface area contributed by atoms with Crippen molar-refractivity contribution in [2.24, 2.45) is 10.4 Å². The van der Waals surface area contributed by atoms with Crippen LogP contribution < -0.4 is 10.6 Å². The molecule has 1 heterocycles. The number of rotatable bonds is 6. The minimum atomic E-state index is 0. The third kappa shape index (κ3) is 6.28. The average Bonchev–Trinajstić information content (AvgIpc) is 3.11. The lowest BCUT2D eigenvalue weighted by atomic mass is 9.89. The van der Waals surface area contributed by atoms with E-state index in [2.05, 4.69) is 53.5 Å². The van der Waals surface area contributed by atoms with Gasteiger partial charge < -0.3 is 19.9 Å². The van der Waals surface area contributed by atoms with Crippen molar-refractivity contribution < 1.29 is 4.74 Å². The maximum atomic E-state index is 5.58. The lowest BCUT2D eigenvalue weighted by Crippen LogP contribution is -2.45. The van der Waals surface area contributed by atoms with Gasteiger partial charge in [0, 0.05) is 39.6 Å². The number of ether oxygens (including phenoxy) is 1. The van der Waals surface area contributed by atoms with Crippen molar-refractivity contribution in [3.8, 4) is 5.69 Å². The van der Waals surface area contributed by atoms with Crippen molar-refractivity contribution in [1.29, 1.82) is 0 Å². The van der Waals surface area contributed by atoms with Crippen molar-refractivity contribution in [2.75, 3.05) is 20.7 Å². The highest BCUT2D eigenvalue weighted by Gasteiger charge is 2.24. The SMILES string of the molecule is CN=C(NCc1ccccc1-n1ccnc1)NCC(OC)C(C)(C)C.I. The molecule has 7 heteroatoms. The molecule has 1 unspecified atom stereocenters. The standard InChI is InChI=1S/C19H29N5O.HI/c1-19(2,3)17(25-5)13-23-18(20-4)22-12-15-8-6-7-9-16(15)24-11-10-21-14-24;/h6-11,14,17H,12-13H2,1-5H3,(H2,20,22,23);1H. The van der Waals surface area contributed by atoms with Gasteiger partial charge in [-0.3, -0.25) is 4.99 Å². The fourth-order valence-electron chi connectivity index (χ4n) is 2.65. The fourth-order valence-corrected chi connectivity index (χ4v) is 2.65. The van der Waals surface area contributed by atoms with Crippen LogP contribution in [0.2, 0.25) is 0 Å². The summed E-state index contributed by atoms with van der Waals surface area (Å²) in [6.07, 6.45) is 5.63. The van der Waals surface area contributed by atoms with E-state index < -0.39 is 0 Å². The molecule has 0 aliphatic carbocycles. The summed E-state index contributed by atoms with van der Waals surface area (Å²) in [6.45, 7) is 7.87. The van der Waals surface area contributed by atoms with Gasteiger partial charge in [-0.25, -0.2) is 4.98 Å². The van der Waals surface area contributed by atoms with Crippen molar-refractivity contribution in [1.82, 2.24) is 20.2 Å². The van der Waals surface area contributed by atoms with Crippen LogP contribution in [0.4, 0.5) is 0 Å². The van der Waals surface area contributed by atoms with Gasteiger partial charge in [-0.1, -0.05) is 39.0 Å². The zero-order valence-corrected chi connectivity index (χ0v) is 18.5. The highest BCUT2D eigenvalue weighted by molar-refractivity contribution is 14.0. The van der Waals surface area contributed by atoms with Crippen LogP contribution in [0.3, 0.4) is 0 Å². The summed E-state index contributed by atoms with van der Waals surface area (Å²) < 4.78 is 7.59. The molecule has 0 spiro atoms. The molecule has 1 atom stereocenters. The van der Waals surface area contributed by atoms with Gasteiger partial charge in [-0.15, -0.1) is 24.0 Å². The van der Waals surface area contributed by atoms with Gasteiger partial charge in [-0.05, 0) is 17.0 Å². The highest BCUT2D eigenvalue weighted by Crippen LogP contribution is 2.21. The van der Waals surface area contributed by atoms with Gasteiger partial charge in [0.25, 0.3) is 0 Å². The molecular formula is C19H30IN5O. The van der Waals surface area contributed by atoms with E-state index in [0.717, 1.165) is 11.6 Å². The van der Waals surface area contributed by atoms with E-state index in [1.165, 1.54) is 5.56 Å². The van der Waals surface area contributed by atoms with Crippen LogP contribution in [-0.4, -0.2) is 42.3 Å². The van der Waals surface area contributed by atoms with E-state index in [4.69, 9.17) is 4.74 Å². The minimum Gasteiger partial charge on any atom is -0.379 e. The number of hydrogen-bond acceptors (Lipinski definition) is 3. The average molecular weight is 471 g/mol. The van der Waals surface area contributed by atoms with E-state index >= 15 is 0 Å². The van der Waals surface area contributed by atoms with Gasteiger partial charge in [-0.2, -0.15) is 0 Å². The first kappa shape index (κ1) is 22.4. The normalized spacial score (nSPS) is 13.0. The summed E-state index contributed by atoms with van der Waals surface area (Å²) in [5.41, 5.74) is 2.34. The van der Waals surface area contributed by atoms with Crippen molar-refractivity contribution in [3.63, 3.8) is 0 Å². The molecule has 0 aliphatic heterocycles. The predicted octanol–water partition coefficient (Wildman–Crippen LogP) is 3.22. The zero-order valence-electron chi connectivity index (χ0n) is 16.2. The maximum Gasteiger partial charge on any atom is 0.191 e. The molecule has 0 fully saturated rings. The molecule has 1 aromatic heterocycles. The number of hydrogen-bond donors (Lipinski definition) is 2. The molecule has 1 aromatic carbocycles. The fraction of sp³-hybridized carbons (Fsp3) is 0.474. The van der Waals surface area contributed by atoms with Crippen molar-refractivity contribution in [3.05, 3.63) is 48.5 Å². The Morgan fingerprint density at radius 3 is 2.58 bits per heavy atom. The molecule has 0 bridgehead atoms. The number of para-hydroxylation sites is 1. The van der Waals surface area contributed by atoms with Gasteiger partial charge in [0.15, 0.2) is 5.96 Å². The smallest absolute Gasteiger partial charge is 0.191 e. The van der Waals surface area contributed by atoms with Gasteiger partial charge in [0.2, 0.25) is 0 Å². The second kappa shape index (κ2) is 10.5.